The molecule has 0 aromatic heterocycles. The number of halogens is 2. The summed E-state index contributed by atoms with van der Waals surface area (Å²) in [5, 5.41) is 9.60. The van der Waals surface area contributed by atoms with Crippen LogP contribution in [0.2, 0.25) is 0 Å². The standard InChI is InChI=1S/C8H8BrFN2O4/c1-15-11-6-7(12(14)16-2)5(10)3-4(9)8(6)13/h3H,1-2H3,(H-,11,13,14)/p+1. The number of phenolic OH excluding ortho intramolecular Hbond substituents is 1. The van der Waals surface area contributed by atoms with E-state index in [1.165, 1.54) is 7.11 Å². The molecule has 0 aliphatic carbocycles. The van der Waals surface area contributed by atoms with E-state index in [4.69, 9.17) is 0 Å². The largest absolute Gasteiger partial charge is 0.504 e. The Kier molecular flexibility index (Phi) is 4.02. The van der Waals surface area contributed by atoms with Gasteiger partial charge in [0, 0.05) is 0 Å². The van der Waals surface area contributed by atoms with E-state index in [0.29, 0.717) is 0 Å². The van der Waals surface area contributed by atoms with Crippen molar-refractivity contribution in [2.24, 2.45) is 0 Å². The fourth-order valence-corrected chi connectivity index (χ4v) is 1.47. The summed E-state index contributed by atoms with van der Waals surface area (Å²) >= 11 is 2.93. The summed E-state index contributed by atoms with van der Waals surface area (Å²) in [4.78, 5) is 20.0. The van der Waals surface area contributed by atoms with Crippen LogP contribution in [0, 0.1) is 10.7 Å². The van der Waals surface area contributed by atoms with Crippen LogP contribution in [0.4, 0.5) is 15.8 Å². The highest BCUT2D eigenvalue weighted by Gasteiger charge is 2.31. The van der Waals surface area contributed by atoms with Crippen LogP contribution >= 0.6 is 15.9 Å². The van der Waals surface area contributed by atoms with Gasteiger partial charge in [0.2, 0.25) is 5.82 Å². The van der Waals surface area contributed by atoms with Crippen LogP contribution in [0.1, 0.15) is 0 Å². The van der Waals surface area contributed by atoms with Gasteiger partial charge >= 0.3 is 5.69 Å². The molecular formula is C8H9BrFN2O4+. The van der Waals surface area contributed by atoms with E-state index in [-0.39, 0.29) is 20.8 Å². The number of anilines is 1. The third-order valence-electron chi connectivity index (χ3n) is 1.73. The molecule has 1 aromatic rings. The van der Waals surface area contributed by atoms with E-state index in [0.717, 1.165) is 13.2 Å². The molecule has 0 saturated carbocycles. The maximum Gasteiger partial charge on any atom is 0.380 e. The lowest BCUT2D eigenvalue weighted by molar-refractivity contribution is -0.737. The predicted octanol–water partition coefficient (Wildman–Crippen LogP) is 2.24. The van der Waals surface area contributed by atoms with E-state index < -0.39 is 11.5 Å². The summed E-state index contributed by atoms with van der Waals surface area (Å²) in [5.74, 6) is -1.24. The molecule has 2 N–H and O–H groups in total. The highest BCUT2D eigenvalue weighted by molar-refractivity contribution is 9.10. The van der Waals surface area contributed by atoms with Crippen LogP contribution in [0.25, 0.3) is 0 Å². The molecule has 88 valence electrons. The van der Waals surface area contributed by atoms with Gasteiger partial charge in [-0.3, -0.25) is 10.3 Å². The highest BCUT2D eigenvalue weighted by atomic mass is 79.9. The monoisotopic (exact) mass is 295 g/mol. The van der Waals surface area contributed by atoms with Gasteiger partial charge in [-0.05, 0) is 22.0 Å². The van der Waals surface area contributed by atoms with Gasteiger partial charge in [0.1, 0.15) is 0 Å². The Morgan fingerprint density at radius 3 is 2.69 bits per heavy atom. The van der Waals surface area contributed by atoms with E-state index in [9.17, 15) is 14.4 Å². The van der Waals surface area contributed by atoms with Crippen molar-refractivity contribution in [3.8, 4) is 5.75 Å². The molecule has 0 heterocycles. The first-order valence-corrected chi connectivity index (χ1v) is 4.83. The number of hydrogen-bond donors (Lipinski definition) is 2. The van der Waals surface area contributed by atoms with Crippen molar-refractivity contribution in [3.63, 3.8) is 0 Å². The molecule has 0 fully saturated rings. The van der Waals surface area contributed by atoms with Crippen molar-refractivity contribution in [2.75, 3.05) is 19.7 Å². The predicted molar refractivity (Wildman–Crippen MR) is 56.7 cm³/mol. The molecule has 0 aliphatic heterocycles. The van der Waals surface area contributed by atoms with Crippen LogP contribution in [0.3, 0.4) is 0 Å². The molecule has 1 rings (SSSR count). The first-order valence-electron chi connectivity index (χ1n) is 4.04. The third kappa shape index (κ3) is 2.22. The van der Waals surface area contributed by atoms with Crippen molar-refractivity contribution in [1.82, 2.24) is 0 Å². The molecule has 0 spiro atoms. The molecule has 0 amide bonds. The quantitative estimate of drug-likeness (QED) is 0.658. The summed E-state index contributed by atoms with van der Waals surface area (Å²) in [7, 11) is 2.33. The maximum atomic E-state index is 13.5. The highest BCUT2D eigenvalue weighted by Crippen LogP contribution is 2.41. The Morgan fingerprint density at radius 2 is 2.19 bits per heavy atom. The molecule has 1 aromatic carbocycles. The Labute approximate surface area is 98.6 Å². The zero-order valence-corrected chi connectivity index (χ0v) is 10.0. The van der Waals surface area contributed by atoms with Crippen molar-refractivity contribution in [1.29, 1.82) is 0 Å². The lowest BCUT2D eigenvalue weighted by atomic mass is 10.2. The van der Waals surface area contributed by atoms with Crippen molar-refractivity contribution in [2.45, 2.75) is 0 Å². The lowest BCUT2D eigenvalue weighted by Gasteiger charge is -2.07. The average Bonchev–Trinajstić information content (AvgIpc) is 2.25. The zero-order valence-electron chi connectivity index (χ0n) is 8.45. The van der Waals surface area contributed by atoms with Crippen LogP contribution in [-0.4, -0.2) is 24.2 Å². The second-order valence-corrected chi connectivity index (χ2v) is 3.51. The van der Waals surface area contributed by atoms with Crippen LogP contribution in [0.15, 0.2) is 10.5 Å². The minimum Gasteiger partial charge on any atom is -0.504 e. The van der Waals surface area contributed by atoms with Gasteiger partial charge in [0.15, 0.2) is 18.5 Å². The molecular weight excluding hydrogens is 287 g/mol. The molecule has 0 unspecified atom stereocenters. The van der Waals surface area contributed by atoms with E-state index in [2.05, 4.69) is 31.1 Å². The fraction of sp³-hybridized carbons (Fsp3) is 0.250. The summed E-state index contributed by atoms with van der Waals surface area (Å²) in [5.41, 5.74) is 1.46. The molecule has 8 heteroatoms. The summed E-state index contributed by atoms with van der Waals surface area (Å²) in [6.45, 7) is 0. The smallest absolute Gasteiger partial charge is 0.380 e. The fourth-order valence-electron chi connectivity index (χ4n) is 1.07. The lowest BCUT2D eigenvalue weighted by Crippen LogP contribution is -2.07. The first kappa shape index (κ1) is 12.7. The number of phenols is 1. The molecule has 0 saturated heterocycles. The number of rotatable bonds is 4. The summed E-state index contributed by atoms with van der Waals surface area (Å²) in [6, 6.07) is 0.940. The van der Waals surface area contributed by atoms with Gasteiger partial charge in [0.05, 0.1) is 16.5 Å². The summed E-state index contributed by atoms with van der Waals surface area (Å²) < 4.78 is 13.6. The number of hydrogen-bond acceptors (Lipinski definition) is 5. The molecule has 0 radical (unpaired) electrons. The normalized spacial score (nSPS) is 10.0. The van der Waals surface area contributed by atoms with Crippen LogP contribution in [0.5, 0.6) is 5.75 Å². The van der Waals surface area contributed by atoms with Crippen LogP contribution < -0.4 is 5.48 Å². The van der Waals surface area contributed by atoms with E-state index >= 15 is 0 Å². The van der Waals surface area contributed by atoms with Gasteiger partial charge < -0.3 is 5.11 Å². The number of aromatic hydroxyl groups is 1. The molecule has 6 nitrogen and oxygen atoms in total. The number of benzene rings is 1. The van der Waals surface area contributed by atoms with Gasteiger partial charge in [-0.1, -0.05) is 0 Å². The van der Waals surface area contributed by atoms with Crippen LogP contribution in [-0.2, 0) is 9.68 Å². The Hall–Kier alpha value is -1.41. The molecule has 16 heavy (non-hydrogen) atoms. The number of nitrogens with one attached hydrogen (secondary N) is 1. The Bertz CT molecular complexity index is 427. The summed E-state index contributed by atoms with van der Waals surface area (Å²) in [6.07, 6.45) is 0. The van der Waals surface area contributed by atoms with Crippen molar-refractivity contribution in [3.05, 3.63) is 21.3 Å². The second-order valence-electron chi connectivity index (χ2n) is 2.66. The van der Waals surface area contributed by atoms with Crippen molar-refractivity contribution >= 4 is 27.3 Å². The Morgan fingerprint density at radius 1 is 1.56 bits per heavy atom. The Balaban J connectivity index is 3.44. The maximum absolute atomic E-state index is 13.5. The zero-order chi connectivity index (χ0) is 12.3. The SMILES string of the molecule is CONc1c(O)c(Br)cc(F)c1[N+](=O)OC. The molecule has 0 aliphatic rings. The molecule has 0 atom stereocenters. The minimum absolute atomic E-state index is 0.0805. The van der Waals surface area contributed by atoms with Gasteiger partial charge in [-0.25, -0.2) is 4.84 Å². The van der Waals surface area contributed by atoms with E-state index in [1.807, 2.05) is 0 Å². The van der Waals surface area contributed by atoms with Gasteiger partial charge in [-0.15, -0.1) is 0 Å². The van der Waals surface area contributed by atoms with Gasteiger partial charge in [-0.2, -0.15) is 4.39 Å². The molecule has 0 bridgehead atoms. The average molecular weight is 296 g/mol. The number of nitrogens with zero attached hydrogens (tertiary/aromatic N) is 1. The van der Waals surface area contributed by atoms with Crippen molar-refractivity contribution < 1.29 is 24.1 Å². The third-order valence-corrected chi connectivity index (χ3v) is 2.34. The topological polar surface area (TPSA) is 70.8 Å². The van der Waals surface area contributed by atoms with Gasteiger partial charge in [0.25, 0.3) is 4.92 Å². The van der Waals surface area contributed by atoms with E-state index in [1.54, 1.807) is 0 Å². The first-order chi connectivity index (χ1) is 7.52. The second kappa shape index (κ2) is 5.08. The minimum atomic E-state index is -0.874.